The molecule has 1 aromatic heterocycles. The van der Waals surface area contributed by atoms with Crippen molar-refractivity contribution in [1.82, 2.24) is 25.0 Å². The molecular weight excluding hydrogens is 234 g/mol. The van der Waals surface area contributed by atoms with Gasteiger partial charge in [0.1, 0.15) is 12.2 Å². The Kier molecular flexibility index (Phi) is 3.71. The first-order chi connectivity index (χ1) is 8.63. The molecule has 7 heteroatoms. The van der Waals surface area contributed by atoms with E-state index in [9.17, 15) is 9.59 Å². The summed E-state index contributed by atoms with van der Waals surface area (Å²) in [4.78, 5) is 24.6. The topological polar surface area (TPSA) is 80.1 Å². The van der Waals surface area contributed by atoms with E-state index in [1.54, 1.807) is 13.3 Å². The van der Waals surface area contributed by atoms with Crippen molar-refractivity contribution in [1.29, 1.82) is 0 Å². The van der Waals surface area contributed by atoms with Crippen LogP contribution in [-0.2, 0) is 23.1 Å². The van der Waals surface area contributed by atoms with Crippen LogP contribution in [0.2, 0.25) is 0 Å². The SMILES string of the molecule is CCN1C(=O)CC(NCCc2nncn2C)C1=O. The second kappa shape index (κ2) is 5.26. The number of rotatable bonds is 5. The predicted molar refractivity (Wildman–Crippen MR) is 63.5 cm³/mol. The minimum absolute atomic E-state index is 0.0985. The van der Waals surface area contributed by atoms with Crippen LogP contribution >= 0.6 is 0 Å². The molecule has 18 heavy (non-hydrogen) atoms. The first kappa shape index (κ1) is 12.7. The third kappa shape index (κ3) is 2.40. The van der Waals surface area contributed by atoms with E-state index in [1.165, 1.54) is 4.90 Å². The number of likely N-dealkylation sites (N-methyl/N-ethyl adjacent to an activating group) is 1. The molecule has 7 nitrogen and oxygen atoms in total. The highest BCUT2D eigenvalue weighted by Crippen LogP contribution is 2.12. The lowest BCUT2D eigenvalue weighted by Crippen LogP contribution is -2.39. The summed E-state index contributed by atoms with van der Waals surface area (Å²) >= 11 is 0. The lowest BCUT2D eigenvalue weighted by atomic mass is 10.2. The Bertz CT molecular complexity index is 456. The fourth-order valence-corrected chi connectivity index (χ4v) is 2.07. The Morgan fingerprint density at radius 2 is 2.28 bits per heavy atom. The molecule has 1 fully saturated rings. The van der Waals surface area contributed by atoms with Gasteiger partial charge in [0.2, 0.25) is 11.8 Å². The van der Waals surface area contributed by atoms with Gasteiger partial charge in [-0.2, -0.15) is 0 Å². The molecule has 1 aliphatic rings. The first-order valence-corrected chi connectivity index (χ1v) is 6.04. The average Bonchev–Trinajstić information content (AvgIpc) is 2.85. The normalized spacial score (nSPS) is 19.9. The van der Waals surface area contributed by atoms with Crippen LogP contribution < -0.4 is 5.32 Å². The van der Waals surface area contributed by atoms with Crippen LogP contribution in [0.15, 0.2) is 6.33 Å². The zero-order chi connectivity index (χ0) is 13.1. The number of hydrogen-bond acceptors (Lipinski definition) is 5. The number of likely N-dealkylation sites (tertiary alicyclic amines) is 1. The number of carbonyl (C=O) groups excluding carboxylic acids is 2. The van der Waals surface area contributed by atoms with Gasteiger partial charge < -0.3 is 9.88 Å². The molecule has 2 amide bonds. The molecule has 0 spiro atoms. The zero-order valence-electron chi connectivity index (χ0n) is 10.6. The molecule has 98 valence electrons. The van der Waals surface area contributed by atoms with Crippen molar-refractivity contribution in [3.05, 3.63) is 12.2 Å². The molecule has 2 heterocycles. The fourth-order valence-electron chi connectivity index (χ4n) is 2.07. The van der Waals surface area contributed by atoms with Gasteiger partial charge >= 0.3 is 0 Å². The monoisotopic (exact) mass is 251 g/mol. The van der Waals surface area contributed by atoms with E-state index in [1.807, 2.05) is 11.6 Å². The van der Waals surface area contributed by atoms with Crippen LogP contribution in [0.1, 0.15) is 19.2 Å². The van der Waals surface area contributed by atoms with Crippen LogP contribution in [0.4, 0.5) is 0 Å². The highest BCUT2D eigenvalue weighted by molar-refractivity contribution is 6.05. The molecule has 1 N–H and O–H groups in total. The summed E-state index contributed by atoms with van der Waals surface area (Å²) in [6, 6.07) is -0.384. The number of carbonyl (C=O) groups is 2. The molecule has 0 saturated carbocycles. The van der Waals surface area contributed by atoms with Crippen molar-refractivity contribution in [2.45, 2.75) is 25.8 Å². The van der Waals surface area contributed by atoms with Crippen molar-refractivity contribution in [2.75, 3.05) is 13.1 Å². The van der Waals surface area contributed by atoms with Gasteiger partial charge in [0.25, 0.3) is 0 Å². The summed E-state index contributed by atoms with van der Waals surface area (Å²) in [5.41, 5.74) is 0. The lowest BCUT2D eigenvalue weighted by molar-refractivity contribution is -0.138. The number of imide groups is 1. The van der Waals surface area contributed by atoms with Crippen molar-refractivity contribution >= 4 is 11.8 Å². The molecule has 0 aliphatic carbocycles. The van der Waals surface area contributed by atoms with Crippen molar-refractivity contribution in [2.24, 2.45) is 7.05 Å². The number of aromatic nitrogens is 3. The first-order valence-electron chi connectivity index (χ1n) is 6.04. The van der Waals surface area contributed by atoms with E-state index in [0.29, 0.717) is 19.5 Å². The highest BCUT2D eigenvalue weighted by atomic mass is 16.2. The molecule has 0 radical (unpaired) electrons. The number of nitrogens with zero attached hydrogens (tertiary/aromatic N) is 4. The van der Waals surface area contributed by atoms with Gasteiger partial charge in [0, 0.05) is 26.6 Å². The van der Waals surface area contributed by atoms with E-state index in [0.717, 1.165) is 5.82 Å². The smallest absolute Gasteiger partial charge is 0.246 e. The van der Waals surface area contributed by atoms with E-state index in [-0.39, 0.29) is 24.3 Å². The van der Waals surface area contributed by atoms with Crippen molar-refractivity contribution < 1.29 is 9.59 Å². The lowest BCUT2D eigenvalue weighted by Gasteiger charge is -2.12. The Balaban J connectivity index is 1.83. The molecule has 1 aliphatic heterocycles. The van der Waals surface area contributed by atoms with Crippen LogP contribution in [-0.4, -0.2) is 50.6 Å². The fraction of sp³-hybridized carbons (Fsp3) is 0.636. The van der Waals surface area contributed by atoms with Gasteiger partial charge in [-0.1, -0.05) is 0 Å². The Morgan fingerprint density at radius 3 is 2.83 bits per heavy atom. The van der Waals surface area contributed by atoms with Crippen LogP contribution in [0.5, 0.6) is 0 Å². The zero-order valence-corrected chi connectivity index (χ0v) is 10.6. The third-order valence-corrected chi connectivity index (χ3v) is 3.10. The summed E-state index contributed by atoms with van der Waals surface area (Å²) in [7, 11) is 1.87. The van der Waals surface area contributed by atoms with E-state index < -0.39 is 0 Å². The highest BCUT2D eigenvalue weighted by Gasteiger charge is 2.36. The summed E-state index contributed by atoms with van der Waals surface area (Å²) in [6.07, 6.45) is 2.57. The van der Waals surface area contributed by atoms with E-state index >= 15 is 0 Å². The Labute approximate surface area is 105 Å². The number of amides is 2. The number of aryl methyl sites for hydroxylation is 1. The van der Waals surface area contributed by atoms with Gasteiger partial charge in [-0.05, 0) is 6.92 Å². The summed E-state index contributed by atoms with van der Waals surface area (Å²) in [5, 5.41) is 10.8. The minimum atomic E-state index is -0.384. The average molecular weight is 251 g/mol. The molecule has 1 aromatic rings. The molecule has 1 saturated heterocycles. The molecular formula is C11H17N5O2. The quantitative estimate of drug-likeness (QED) is 0.686. The van der Waals surface area contributed by atoms with Gasteiger partial charge in [0.15, 0.2) is 0 Å². The van der Waals surface area contributed by atoms with Gasteiger partial charge in [-0.3, -0.25) is 14.5 Å². The minimum Gasteiger partial charge on any atom is -0.321 e. The molecule has 1 unspecified atom stereocenters. The standard InChI is InChI=1S/C11H17N5O2/c1-3-16-10(17)6-8(11(16)18)12-5-4-9-14-13-7-15(9)2/h7-8,12H,3-6H2,1-2H3. The number of nitrogens with one attached hydrogen (secondary N) is 1. The van der Waals surface area contributed by atoms with Gasteiger partial charge in [0.05, 0.1) is 12.5 Å². The number of hydrogen-bond donors (Lipinski definition) is 1. The van der Waals surface area contributed by atoms with Gasteiger partial charge in [-0.25, -0.2) is 0 Å². The van der Waals surface area contributed by atoms with Crippen LogP contribution in [0.25, 0.3) is 0 Å². The van der Waals surface area contributed by atoms with Crippen LogP contribution in [0.3, 0.4) is 0 Å². The Hall–Kier alpha value is -1.76. The van der Waals surface area contributed by atoms with Crippen molar-refractivity contribution in [3.8, 4) is 0 Å². The summed E-state index contributed by atoms with van der Waals surface area (Å²) in [5.74, 6) is 0.630. The van der Waals surface area contributed by atoms with Crippen molar-refractivity contribution in [3.63, 3.8) is 0 Å². The largest absolute Gasteiger partial charge is 0.321 e. The molecule has 2 rings (SSSR count). The predicted octanol–water partition coefficient (Wildman–Crippen LogP) is -0.905. The molecule has 1 atom stereocenters. The van der Waals surface area contributed by atoms with E-state index in [2.05, 4.69) is 15.5 Å². The van der Waals surface area contributed by atoms with Crippen LogP contribution in [0, 0.1) is 0 Å². The Morgan fingerprint density at radius 1 is 1.50 bits per heavy atom. The maximum atomic E-state index is 11.8. The summed E-state index contributed by atoms with van der Waals surface area (Å²) < 4.78 is 1.83. The second-order valence-corrected chi connectivity index (χ2v) is 4.30. The maximum absolute atomic E-state index is 11.8. The third-order valence-electron chi connectivity index (χ3n) is 3.10. The molecule has 0 aromatic carbocycles. The second-order valence-electron chi connectivity index (χ2n) is 4.30. The maximum Gasteiger partial charge on any atom is 0.246 e. The van der Waals surface area contributed by atoms with E-state index in [4.69, 9.17) is 0 Å². The van der Waals surface area contributed by atoms with Gasteiger partial charge in [-0.15, -0.1) is 10.2 Å². The summed E-state index contributed by atoms with van der Waals surface area (Å²) in [6.45, 7) is 2.85. The molecule has 0 bridgehead atoms.